The van der Waals surface area contributed by atoms with Crippen molar-refractivity contribution in [2.45, 2.75) is 19.8 Å². The lowest BCUT2D eigenvalue weighted by atomic mass is 10.2. The molecular formula is C15H16N4OS. The van der Waals surface area contributed by atoms with Gasteiger partial charge in [0.05, 0.1) is 7.11 Å². The highest BCUT2D eigenvalue weighted by molar-refractivity contribution is 7.17. The van der Waals surface area contributed by atoms with Crippen LogP contribution in [0.1, 0.15) is 36.2 Å². The first kappa shape index (κ1) is 13.8. The molecule has 0 bridgehead atoms. The zero-order valence-corrected chi connectivity index (χ0v) is 13.0. The molecule has 3 aromatic rings. The van der Waals surface area contributed by atoms with E-state index in [1.54, 1.807) is 7.11 Å². The maximum absolute atomic E-state index is 5.33. The highest BCUT2D eigenvalue weighted by Gasteiger charge is 2.13. The molecule has 0 unspecified atom stereocenters. The Bertz CT molecular complexity index is 788. The fraction of sp³-hybridized carbons (Fsp3) is 0.267. The van der Waals surface area contributed by atoms with E-state index in [0.29, 0.717) is 5.92 Å². The van der Waals surface area contributed by atoms with E-state index < -0.39 is 0 Å². The van der Waals surface area contributed by atoms with E-state index in [0.717, 1.165) is 27.1 Å². The zero-order chi connectivity index (χ0) is 14.8. The van der Waals surface area contributed by atoms with Gasteiger partial charge in [-0.05, 0) is 18.2 Å². The van der Waals surface area contributed by atoms with Crippen molar-refractivity contribution in [3.63, 3.8) is 0 Å². The average Bonchev–Trinajstić information content (AvgIpc) is 3.04. The standard InChI is InChI=1S/C15H16N4OS/c1-10(2)14-16-17-15-19(14)18-13(21-15)9-8-11-6-4-5-7-12(11)20-3/h4-10H,1-3H3/b9-8+. The van der Waals surface area contributed by atoms with Gasteiger partial charge in [0.2, 0.25) is 4.96 Å². The average molecular weight is 300 g/mol. The summed E-state index contributed by atoms with van der Waals surface area (Å²) in [7, 11) is 1.67. The molecule has 0 aliphatic rings. The van der Waals surface area contributed by atoms with Crippen LogP contribution in [0.5, 0.6) is 5.75 Å². The molecule has 0 saturated carbocycles. The molecule has 5 nitrogen and oxygen atoms in total. The number of benzene rings is 1. The highest BCUT2D eigenvalue weighted by Crippen LogP contribution is 2.23. The summed E-state index contributed by atoms with van der Waals surface area (Å²) in [6, 6.07) is 7.89. The van der Waals surface area contributed by atoms with E-state index in [9.17, 15) is 0 Å². The molecule has 0 N–H and O–H groups in total. The Hall–Kier alpha value is -2.21. The smallest absolute Gasteiger partial charge is 0.234 e. The van der Waals surface area contributed by atoms with Crippen LogP contribution >= 0.6 is 11.3 Å². The SMILES string of the molecule is COc1ccccc1/C=C/c1nn2c(C(C)C)nnc2s1. The second-order valence-electron chi connectivity index (χ2n) is 4.92. The predicted molar refractivity (Wildman–Crippen MR) is 84.7 cm³/mol. The third-order valence-corrected chi connectivity index (χ3v) is 3.96. The third-order valence-electron chi connectivity index (χ3n) is 3.09. The number of hydrogen-bond donors (Lipinski definition) is 0. The number of fused-ring (bicyclic) bond motifs is 1. The number of ether oxygens (including phenoxy) is 1. The molecule has 0 amide bonds. The molecule has 0 aliphatic heterocycles. The molecule has 0 spiro atoms. The van der Waals surface area contributed by atoms with Crippen LogP contribution in [-0.2, 0) is 0 Å². The fourth-order valence-corrected chi connectivity index (χ4v) is 2.79. The summed E-state index contributed by atoms with van der Waals surface area (Å²) >= 11 is 1.52. The Labute approximate surface area is 126 Å². The van der Waals surface area contributed by atoms with Crippen molar-refractivity contribution in [3.05, 3.63) is 40.7 Å². The molecule has 0 fully saturated rings. The van der Waals surface area contributed by atoms with Crippen molar-refractivity contribution in [1.29, 1.82) is 0 Å². The highest BCUT2D eigenvalue weighted by atomic mass is 32.1. The molecule has 3 rings (SSSR count). The van der Waals surface area contributed by atoms with Crippen LogP contribution < -0.4 is 4.74 Å². The summed E-state index contributed by atoms with van der Waals surface area (Å²) in [5.41, 5.74) is 1.02. The topological polar surface area (TPSA) is 52.3 Å². The molecule has 108 valence electrons. The van der Waals surface area contributed by atoms with Gasteiger partial charge in [-0.1, -0.05) is 43.4 Å². The lowest BCUT2D eigenvalue weighted by Gasteiger charge is -2.02. The normalized spacial score (nSPS) is 11.8. The maximum atomic E-state index is 5.33. The second-order valence-corrected chi connectivity index (χ2v) is 5.91. The van der Waals surface area contributed by atoms with E-state index >= 15 is 0 Å². The van der Waals surface area contributed by atoms with Crippen molar-refractivity contribution in [2.75, 3.05) is 7.11 Å². The van der Waals surface area contributed by atoms with Crippen LogP contribution in [0.2, 0.25) is 0 Å². The summed E-state index contributed by atoms with van der Waals surface area (Å²) in [6.07, 6.45) is 3.97. The Morgan fingerprint density at radius 2 is 2.00 bits per heavy atom. The van der Waals surface area contributed by atoms with Crippen LogP contribution in [0.4, 0.5) is 0 Å². The van der Waals surface area contributed by atoms with Gasteiger partial charge >= 0.3 is 0 Å². The van der Waals surface area contributed by atoms with Crippen molar-refractivity contribution < 1.29 is 4.74 Å². The van der Waals surface area contributed by atoms with Crippen LogP contribution in [-0.4, -0.2) is 26.9 Å². The lowest BCUT2D eigenvalue weighted by Crippen LogP contribution is -1.97. The predicted octanol–water partition coefficient (Wildman–Crippen LogP) is 3.49. The lowest BCUT2D eigenvalue weighted by molar-refractivity contribution is 0.414. The van der Waals surface area contributed by atoms with Gasteiger partial charge in [-0.3, -0.25) is 0 Å². The van der Waals surface area contributed by atoms with Gasteiger partial charge < -0.3 is 4.74 Å². The molecule has 0 radical (unpaired) electrons. The van der Waals surface area contributed by atoms with Gasteiger partial charge in [-0.15, -0.1) is 10.2 Å². The summed E-state index contributed by atoms with van der Waals surface area (Å²) in [4.78, 5) is 0.818. The van der Waals surface area contributed by atoms with Gasteiger partial charge in [0.1, 0.15) is 10.8 Å². The molecular weight excluding hydrogens is 284 g/mol. The number of rotatable bonds is 4. The van der Waals surface area contributed by atoms with Crippen LogP contribution in [0.3, 0.4) is 0 Å². The van der Waals surface area contributed by atoms with Gasteiger partial charge in [0.15, 0.2) is 5.82 Å². The minimum atomic E-state index is 0.299. The van der Waals surface area contributed by atoms with Crippen molar-refractivity contribution in [1.82, 2.24) is 19.8 Å². The largest absolute Gasteiger partial charge is 0.496 e. The quantitative estimate of drug-likeness (QED) is 0.740. The molecule has 21 heavy (non-hydrogen) atoms. The van der Waals surface area contributed by atoms with E-state index in [4.69, 9.17) is 4.74 Å². The number of para-hydroxylation sites is 1. The molecule has 1 aromatic carbocycles. The number of nitrogens with zero attached hydrogens (tertiary/aromatic N) is 4. The fourth-order valence-electron chi connectivity index (χ4n) is 2.04. The first-order chi connectivity index (χ1) is 10.2. The summed E-state index contributed by atoms with van der Waals surface area (Å²) in [5.74, 6) is 2.03. The monoisotopic (exact) mass is 300 g/mol. The maximum Gasteiger partial charge on any atom is 0.234 e. The molecule has 2 heterocycles. The van der Waals surface area contributed by atoms with Crippen LogP contribution in [0, 0.1) is 0 Å². The zero-order valence-electron chi connectivity index (χ0n) is 12.1. The first-order valence-corrected chi connectivity index (χ1v) is 7.54. The number of hydrogen-bond acceptors (Lipinski definition) is 5. The number of aromatic nitrogens is 4. The third kappa shape index (κ3) is 2.67. The molecule has 0 aliphatic carbocycles. The minimum absolute atomic E-state index is 0.299. The van der Waals surface area contributed by atoms with E-state index in [1.165, 1.54) is 11.3 Å². The molecule has 0 saturated heterocycles. The summed E-state index contributed by atoms with van der Waals surface area (Å²) in [6.45, 7) is 4.17. The Balaban J connectivity index is 1.92. The minimum Gasteiger partial charge on any atom is -0.496 e. The first-order valence-electron chi connectivity index (χ1n) is 6.72. The molecule has 0 atom stereocenters. The van der Waals surface area contributed by atoms with E-state index in [-0.39, 0.29) is 0 Å². The van der Waals surface area contributed by atoms with Crippen molar-refractivity contribution in [3.8, 4) is 5.75 Å². The Kier molecular flexibility index (Phi) is 3.70. The van der Waals surface area contributed by atoms with Crippen LogP contribution in [0.25, 0.3) is 17.1 Å². The second kappa shape index (κ2) is 5.65. The number of methoxy groups -OCH3 is 1. The van der Waals surface area contributed by atoms with Crippen molar-refractivity contribution in [2.24, 2.45) is 0 Å². The van der Waals surface area contributed by atoms with Crippen LogP contribution in [0.15, 0.2) is 24.3 Å². The van der Waals surface area contributed by atoms with Gasteiger partial charge in [0.25, 0.3) is 0 Å². The molecule has 2 aromatic heterocycles. The van der Waals surface area contributed by atoms with Crippen molar-refractivity contribution >= 4 is 28.4 Å². The molecule has 6 heteroatoms. The Morgan fingerprint density at radius 1 is 1.19 bits per heavy atom. The van der Waals surface area contributed by atoms with Gasteiger partial charge in [0, 0.05) is 11.5 Å². The van der Waals surface area contributed by atoms with E-state index in [2.05, 4.69) is 29.1 Å². The van der Waals surface area contributed by atoms with E-state index in [1.807, 2.05) is 40.9 Å². The van der Waals surface area contributed by atoms with Gasteiger partial charge in [-0.25, -0.2) is 0 Å². The summed E-state index contributed by atoms with van der Waals surface area (Å²) < 4.78 is 7.15. The summed E-state index contributed by atoms with van der Waals surface area (Å²) in [5, 5.41) is 13.8. The van der Waals surface area contributed by atoms with Gasteiger partial charge in [-0.2, -0.15) is 9.61 Å². The Morgan fingerprint density at radius 3 is 2.76 bits per heavy atom.